The molecule has 0 rings (SSSR count). The molecule has 0 saturated carbocycles. The standard InChI is InChI=1S/C11H22N2O4/c1-7(2)10(12-8(3)15)11(16)13-9(5-14)6-17-4/h7,9-10,14H,5-6H2,1-4H3,(H,12,15)(H,13,16). The van der Waals surface area contributed by atoms with Crippen molar-refractivity contribution in [2.24, 2.45) is 5.92 Å². The normalized spacial score (nSPS) is 14.2. The van der Waals surface area contributed by atoms with Crippen LogP contribution in [-0.2, 0) is 14.3 Å². The summed E-state index contributed by atoms with van der Waals surface area (Å²) in [6.45, 7) is 5.06. The summed E-state index contributed by atoms with van der Waals surface area (Å²) < 4.78 is 4.85. The number of aliphatic hydroxyl groups is 1. The minimum atomic E-state index is -0.599. The molecule has 0 aromatic carbocycles. The Kier molecular flexibility index (Phi) is 7.49. The van der Waals surface area contributed by atoms with Crippen LogP contribution in [0.2, 0.25) is 0 Å². The number of hydrogen-bond donors (Lipinski definition) is 3. The highest BCUT2D eigenvalue weighted by Gasteiger charge is 2.24. The molecule has 17 heavy (non-hydrogen) atoms. The Morgan fingerprint density at radius 2 is 1.88 bits per heavy atom. The van der Waals surface area contributed by atoms with Gasteiger partial charge in [0.05, 0.1) is 19.3 Å². The van der Waals surface area contributed by atoms with Gasteiger partial charge < -0.3 is 20.5 Å². The predicted octanol–water partition coefficient (Wildman–Crippen LogP) is -0.729. The van der Waals surface area contributed by atoms with Crippen molar-refractivity contribution in [1.29, 1.82) is 0 Å². The monoisotopic (exact) mass is 246 g/mol. The number of methoxy groups -OCH3 is 1. The lowest BCUT2D eigenvalue weighted by atomic mass is 10.0. The summed E-state index contributed by atoms with van der Waals surface area (Å²) in [4.78, 5) is 22.9. The third-order valence-corrected chi connectivity index (χ3v) is 2.24. The van der Waals surface area contributed by atoms with Crippen LogP contribution in [0.4, 0.5) is 0 Å². The lowest BCUT2D eigenvalue weighted by Gasteiger charge is -2.24. The van der Waals surface area contributed by atoms with E-state index in [1.54, 1.807) is 0 Å². The predicted molar refractivity (Wildman–Crippen MR) is 63.3 cm³/mol. The van der Waals surface area contributed by atoms with E-state index in [-0.39, 0.29) is 30.9 Å². The fourth-order valence-corrected chi connectivity index (χ4v) is 1.39. The first-order valence-corrected chi connectivity index (χ1v) is 5.59. The van der Waals surface area contributed by atoms with Crippen LogP contribution in [0.3, 0.4) is 0 Å². The van der Waals surface area contributed by atoms with Gasteiger partial charge in [-0.05, 0) is 5.92 Å². The Labute approximate surface area is 102 Å². The molecule has 3 N–H and O–H groups in total. The number of aliphatic hydroxyl groups excluding tert-OH is 1. The van der Waals surface area contributed by atoms with Crippen molar-refractivity contribution >= 4 is 11.8 Å². The van der Waals surface area contributed by atoms with Gasteiger partial charge in [0.15, 0.2) is 0 Å². The second-order valence-corrected chi connectivity index (χ2v) is 4.27. The Hall–Kier alpha value is -1.14. The van der Waals surface area contributed by atoms with Crippen LogP contribution < -0.4 is 10.6 Å². The number of carbonyl (C=O) groups excluding carboxylic acids is 2. The highest BCUT2D eigenvalue weighted by atomic mass is 16.5. The molecule has 2 atom stereocenters. The van der Waals surface area contributed by atoms with Crippen molar-refractivity contribution in [2.45, 2.75) is 32.9 Å². The highest BCUT2D eigenvalue weighted by Crippen LogP contribution is 2.02. The molecule has 0 aromatic heterocycles. The molecule has 0 saturated heterocycles. The van der Waals surface area contributed by atoms with Gasteiger partial charge >= 0.3 is 0 Å². The molecule has 6 nitrogen and oxygen atoms in total. The molecule has 0 radical (unpaired) electrons. The number of carbonyl (C=O) groups is 2. The number of ether oxygens (including phenoxy) is 1. The van der Waals surface area contributed by atoms with Crippen LogP contribution in [0, 0.1) is 5.92 Å². The summed E-state index contributed by atoms with van der Waals surface area (Å²) in [7, 11) is 1.49. The van der Waals surface area contributed by atoms with Gasteiger partial charge in [0, 0.05) is 14.0 Å². The van der Waals surface area contributed by atoms with E-state index in [0.29, 0.717) is 0 Å². The lowest BCUT2D eigenvalue weighted by Crippen LogP contribution is -2.53. The summed E-state index contributed by atoms with van der Waals surface area (Å²) in [5.74, 6) is -0.599. The van der Waals surface area contributed by atoms with Gasteiger partial charge in [-0.25, -0.2) is 0 Å². The van der Waals surface area contributed by atoms with Crippen LogP contribution in [-0.4, -0.2) is 49.3 Å². The summed E-state index contributed by atoms with van der Waals surface area (Å²) in [5.41, 5.74) is 0. The van der Waals surface area contributed by atoms with Gasteiger partial charge in [-0.1, -0.05) is 13.8 Å². The summed E-state index contributed by atoms with van der Waals surface area (Å²) >= 11 is 0. The van der Waals surface area contributed by atoms with E-state index >= 15 is 0 Å². The van der Waals surface area contributed by atoms with Crippen molar-refractivity contribution in [2.75, 3.05) is 20.3 Å². The number of nitrogens with one attached hydrogen (secondary N) is 2. The van der Waals surface area contributed by atoms with Crippen molar-refractivity contribution in [3.8, 4) is 0 Å². The van der Waals surface area contributed by atoms with E-state index in [0.717, 1.165) is 0 Å². The number of rotatable bonds is 7. The molecule has 0 aromatic rings. The fourth-order valence-electron chi connectivity index (χ4n) is 1.39. The molecule has 0 bridgehead atoms. The maximum atomic E-state index is 11.9. The van der Waals surface area contributed by atoms with Crippen LogP contribution in [0.1, 0.15) is 20.8 Å². The summed E-state index contributed by atoms with van der Waals surface area (Å²) in [5, 5.41) is 14.2. The Bertz CT molecular complexity index is 256. The van der Waals surface area contributed by atoms with Gasteiger partial charge in [-0.3, -0.25) is 9.59 Å². The molecular weight excluding hydrogens is 224 g/mol. The molecule has 0 aliphatic carbocycles. The van der Waals surface area contributed by atoms with E-state index < -0.39 is 12.1 Å². The Morgan fingerprint density at radius 1 is 1.29 bits per heavy atom. The largest absolute Gasteiger partial charge is 0.394 e. The minimum Gasteiger partial charge on any atom is -0.394 e. The van der Waals surface area contributed by atoms with Crippen molar-refractivity contribution in [3.63, 3.8) is 0 Å². The van der Waals surface area contributed by atoms with Crippen LogP contribution in [0.15, 0.2) is 0 Å². The van der Waals surface area contributed by atoms with E-state index in [2.05, 4.69) is 10.6 Å². The van der Waals surface area contributed by atoms with Crippen LogP contribution in [0.25, 0.3) is 0 Å². The first-order chi connectivity index (χ1) is 7.92. The number of hydrogen-bond acceptors (Lipinski definition) is 4. The van der Waals surface area contributed by atoms with Gasteiger partial charge in [-0.2, -0.15) is 0 Å². The molecule has 0 spiro atoms. The number of amides is 2. The molecule has 6 heteroatoms. The first-order valence-electron chi connectivity index (χ1n) is 5.59. The molecule has 0 heterocycles. The summed E-state index contributed by atoms with van der Waals surface area (Å²) in [6, 6.07) is -1.05. The van der Waals surface area contributed by atoms with Crippen LogP contribution >= 0.6 is 0 Å². The second-order valence-electron chi connectivity index (χ2n) is 4.27. The molecule has 0 fully saturated rings. The van der Waals surface area contributed by atoms with Gasteiger partial charge in [0.25, 0.3) is 0 Å². The maximum absolute atomic E-state index is 11.9. The molecule has 100 valence electrons. The zero-order valence-corrected chi connectivity index (χ0v) is 10.8. The quantitative estimate of drug-likeness (QED) is 0.552. The van der Waals surface area contributed by atoms with E-state index in [9.17, 15) is 9.59 Å². The summed E-state index contributed by atoms with van der Waals surface area (Å²) in [6.07, 6.45) is 0. The molecular formula is C11H22N2O4. The van der Waals surface area contributed by atoms with Crippen molar-refractivity contribution < 1.29 is 19.4 Å². The maximum Gasteiger partial charge on any atom is 0.243 e. The SMILES string of the molecule is COCC(CO)NC(=O)C(NC(C)=O)C(C)C. The van der Waals surface area contributed by atoms with Gasteiger partial charge in [0.2, 0.25) is 11.8 Å². The molecule has 2 amide bonds. The van der Waals surface area contributed by atoms with E-state index in [1.165, 1.54) is 14.0 Å². The average molecular weight is 246 g/mol. The van der Waals surface area contributed by atoms with Crippen LogP contribution in [0.5, 0.6) is 0 Å². The average Bonchev–Trinajstić information content (AvgIpc) is 2.24. The van der Waals surface area contributed by atoms with E-state index in [4.69, 9.17) is 9.84 Å². The highest BCUT2D eigenvalue weighted by molar-refractivity contribution is 5.87. The van der Waals surface area contributed by atoms with E-state index in [1.807, 2.05) is 13.8 Å². The van der Waals surface area contributed by atoms with Crippen molar-refractivity contribution in [3.05, 3.63) is 0 Å². The third kappa shape index (κ3) is 6.23. The first kappa shape index (κ1) is 15.9. The molecule has 0 aliphatic heterocycles. The zero-order chi connectivity index (χ0) is 13.4. The van der Waals surface area contributed by atoms with Gasteiger partial charge in [0.1, 0.15) is 6.04 Å². The Morgan fingerprint density at radius 3 is 2.24 bits per heavy atom. The van der Waals surface area contributed by atoms with Gasteiger partial charge in [-0.15, -0.1) is 0 Å². The zero-order valence-electron chi connectivity index (χ0n) is 10.8. The second kappa shape index (κ2) is 8.03. The smallest absolute Gasteiger partial charge is 0.243 e. The lowest BCUT2D eigenvalue weighted by molar-refractivity contribution is -0.130. The minimum absolute atomic E-state index is 0.0270. The molecule has 0 aliphatic rings. The van der Waals surface area contributed by atoms with Crippen molar-refractivity contribution in [1.82, 2.24) is 10.6 Å². The fraction of sp³-hybridized carbons (Fsp3) is 0.818. The molecule has 2 unspecified atom stereocenters. The third-order valence-electron chi connectivity index (χ3n) is 2.24. The Balaban J connectivity index is 4.45. The topological polar surface area (TPSA) is 87.7 Å².